The molecule has 2 rings (SSSR count). The summed E-state index contributed by atoms with van der Waals surface area (Å²) in [5.74, 6) is -1.09. The molecule has 0 atom stereocenters. The summed E-state index contributed by atoms with van der Waals surface area (Å²) in [6, 6.07) is 11.4. The maximum atomic E-state index is 12.1. The molecule has 2 amide bonds. The molecule has 0 saturated carbocycles. The number of anilines is 1. The minimum atomic E-state index is -4.01. The van der Waals surface area contributed by atoms with Crippen LogP contribution in [0.5, 0.6) is 0 Å². The number of nitrogens with one attached hydrogen (secondary N) is 2. The summed E-state index contributed by atoms with van der Waals surface area (Å²) in [7, 11) is -4.01. The first kappa shape index (κ1) is 17.0. The molecule has 8 heteroatoms. The summed E-state index contributed by atoms with van der Waals surface area (Å²) < 4.78 is 26.3. The van der Waals surface area contributed by atoms with Gasteiger partial charge >= 0.3 is 0 Å². The third kappa shape index (κ3) is 4.54. The Balaban J connectivity index is 2.21. The molecule has 23 heavy (non-hydrogen) atoms. The number of hydrogen-bond acceptors (Lipinski definition) is 4. The molecule has 0 aliphatic rings. The summed E-state index contributed by atoms with van der Waals surface area (Å²) in [5.41, 5.74) is 0.503. The molecular weight excluding hydrogens is 340 g/mol. The molecule has 0 unspecified atom stereocenters. The van der Waals surface area contributed by atoms with Gasteiger partial charge in [0.2, 0.25) is 5.91 Å². The van der Waals surface area contributed by atoms with Crippen LogP contribution in [0, 0.1) is 0 Å². The largest absolute Gasteiger partial charge is 0.326 e. The van der Waals surface area contributed by atoms with Crippen molar-refractivity contribution in [3.8, 4) is 0 Å². The Morgan fingerprint density at radius 3 is 2.30 bits per heavy atom. The summed E-state index contributed by atoms with van der Waals surface area (Å²) in [6.07, 6.45) is 0. The van der Waals surface area contributed by atoms with Crippen molar-refractivity contribution in [1.29, 1.82) is 0 Å². The maximum absolute atomic E-state index is 12.1. The van der Waals surface area contributed by atoms with Crippen molar-refractivity contribution in [2.75, 3.05) is 5.32 Å². The average Bonchev–Trinajstić information content (AvgIpc) is 2.47. The Hall–Kier alpha value is -2.38. The van der Waals surface area contributed by atoms with Crippen LogP contribution < -0.4 is 10.0 Å². The van der Waals surface area contributed by atoms with Crippen molar-refractivity contribution in [3.05, 3.63) is 59.1 Å². The van der Waals surface area contributed by atoms with Crippen LogP contribution in [0.3, 0.4) is 0 Å². The number of halogens is 1. The molecule has 2 N–H and O–H groups in total. The van der Waals surface area contributed by atoms with Crippen LogP contribution in [0.15, 0.2) is 53.4 Å². The van der Waals surface area contributed by atoms with E-state index < -0.39 is 15.9 Å². The van der Waals surface area contributed by atoms with Crippen LogP contribution in [-0.2, 0) is 14.8 Å². The highest BCUT2D eigenvalue weighted by molar-refractivity contribution is 7.90. The lowest BCUT2D eigenvalue weighted by atomic mass is 10.2. The number of sulfonamides is 1. The molecular formula is C15H13ClN2O4S. The van der Waals surface area contributed by atoms with Crippen LogP contribution >= 0.6 is 11.6 Å². The second-order valence-corrected chi connectivity index (χ2v) is 6.77. The zero-order valence-electron chi connectivity index (χ0n) is 12.0. The Morgan fingerprint density at radius 2 is 1.70 bits per heavy atom. The number of carbonyl (C=O) groups excluding carboxylic acids is 2. The van der Waals surface area contributed by atoms with Gasteiger partial charge in [-0.1, -0.05) is 17.7 Å². The Labute approximate surface area is 138 Å². The molecule has 0 aliphatic carbocycles. The zero-order valence-corrected chi connectivity index (χ0v) is 13.6. The summed E-state index contributed by atoms with van der Waals surface area (Å²) in [4.78, 5) is 23.1. The van der Waals surface area contributed by atoms with E-state index in [9.17, 15) is 18.0 Å². The van der Waals surface area contributed by atoms with Crippen LogP contribution in [0.1, 0.15) is 17.3 Å². The van der Waals surface area contributed by atoms with E-state index in [4.69, 9.17) is 11.6 Å². The molecule has 6 nitrogen and oxygen atoms in total. The summed E-state index contributed by atoms with van der Waals surface area (Å²) >= 11 is 5.71. The highest BCUT2D eigenvalue weighted by atomic mass is 35.5. The van der Waals surface area contributed by atoms with E-state index in [1.807, 2.05) is 4.72 Å². The van der Waals surface area contributed by atoms with E-state index in [1.165, 1.54) is 49.4 Å². The molecule has 120 valence electrons. The molecule has 0 bridgehead atoms. The topological polar surface area (TPSA) is 92.3 Å². The monoisotopic (exact) mass is 352 g/mol. The molecule has 0 heterocycles. The number of rotatable bonds is 4. The van der Waals surface area contributed by atoms with Gasteiger partial charge < -0.3 is 5.32 Å². The molecule has 0 fully saturated rings. The van der Waals surface area contributed by atoms with Crippen molar-refractivity contribution < 1.29 is 18.0 Å². The van der Waals surface area contributed by atoms with E-state index in [1.54, 1.807) is 6.07 Å². The van der Waals surface area contributed by atoms with Crippen molar-refractivity contribution in [3.63, 3.8) is 0 Å². The summed E-state index contributed by atoms with van der Waals surface area (Å²) in [6.45, 7) is 1.33. The predicted molar refractivity (Wildman–Crippen MR) is 86.8 cm³/mol. The highest BCUT2D eigenvalue weighted by Gasteiger charge is 2.18. The van der Waals surface area contributed by atoms with Crippen molar-refractivity contribution in [2.45, 2.75) is 11.8 Å². The SMILES string of the molecule is CC(=O)Nc1cccc(C(=O)NS(=O)(=O)c2ccc(Cl)cc2)c1. The molecule has 0 spiro atoms. The summed E-state index contributed by atoms with van der Waals surface area (Å²) in [5, 5.41) is 2.91. The van der Waals surface area contributed by atoms with Crippen LogP contribution in [0.25, 0.3) is 0 Å². The fourth-order valence-electron chi connectivity index (χ4n) is 1.80. The second-order valence-electron chi connectivity index (χ2n) is 4.65. The average molecular weight is 353 g/mol. The van der Waals surface area contributed by atoms with E-state index in [-0.39, 0.29) is 16.4 Å². The van der Waals surface area contributed by atoms with Gasteiger partial charge in [-0.15, -0.1) is 0 Å². The van der Waals surface area contributed by atoms with Gasteiger partial charge in [-0.05, 0) is 42.5 Å². The van der Waals surface area contributed by atoms with Gasteiger partial charge in [0, 0.05) is 23.2 Å². The molecule has 2 aromatic carbocycles. The molecule has 0 radical (unpaired) electrons. The fraction of sp³-hybridized carbons (Fsp3) is 0.0667. The predicted octanol–water partition coefficient (Wildman–Crippen LogP) is 2.42. The Kier molecular flexibility index (Phi) is 5.02. The number of hydrogen-bond donors (Lipinski definition) is 2. The first-order valence-corrected chi connectivity index (χ1v) is 8.34. The first-order chi connectivity index (χ1) is 10.8. The number of benzene rings is 2. The lowest BCUT2D eigenvalue weighted by Crippen LogP contribution is -2.30. The minimum absolute atomic E-state index is 0.0757. The number of amides is 2. The normalized spacial score (nSPS) is 10.9. The van der Waals surface area contributed by atoms with Gasteiger partial charge in [0.25, 0.3) is 15.9 Å². The quantitative estimate of drug-likeness (QED) is 0.883. The van der Waals surface area contributed by atoms with E-state index in [0.717, 1.165) is 0 Å². The minimum Gasteiger partial charge on any atom is -0.326 e. The third-order valence-electron chi connectivity index (χ3n) is 2.80. The van der Waals surface area contributed by atoms with Gasteiger partial charge in [-0.2, -0.15) is 0 Å². The highest BCUT2D eigenvalue weighted by Crippen LogP contribution is 2.15. The second kappa shape index (κ2) is 6.80. The zero-order chi connectivity index (χ0) is 17.0. The molecule has 2 aromatic rings. The van der Waals surface area contributed by atoms with Crippen LogP contribution in [-0.4, -0.2) is 20.2 Å². The number of carbonyl (C=O) groups is 2. The van der Waals surface area contributed by atoms with Crippen LogP contribution in [0.2, 0.25) is 5.02 Å². The lowest BCUT2D eigenvalue weighted by Gasteiger charge is -2.08. The van der Waals surface area contributed by atoms with Gasteiger partial charge in [-0.25, -0.2) is 13.1 Å². The van der Waals surface area contributed by atoms with Crippen molar-refractivity contribution in [2.24, 2.45) is 0 Å². The van der Waals surface area contributed by atoms with E-state index in [2.05, 4.69) is 5.32 Å². The lowest BCUT2D eigenvalue weighted by molar-refractivity contribution is -0.114. The van der Waals surface area contributed by atoms with Crippen molar-refractivity contribution in [1.82, 2.24) is 4.72 Å². The molecule has 0 aliphatic heterocycles. The Bertz CT molecular complexity index is 848. The van der Waals surface area contributed by atoms with Gasteiger partial charge in [-0.3, -0.25) is 9.59 Å². The fourth-order valence-corrected chi connectivity index (χ4v) is 2.90. The smallest absolute Gasteiger partial charge is 0.265 e. The Morgan fingerprint density at radius 1 is 1.04 bits per heavy atom. The van der Waals surface area contributed by atoms with Crippen LogP contribution in [0.4, 0.5) is 5.69 Å². The van der Waals surface area contributed by atoms with E-state index in [0.29, 0.717) is 10.7 Å². The standard InChI is InChI=1S/C15H13ClN2O4S/c1-10(19)17-13-4-2-3-11(9-13)15(20)18-23(21,22)14-7-5-12(16)6-8-14/h2-9H,1H3,(H,17,19)(H,18,20). The van der Waals surface area contributed by atoms with Gasteiger partial charge in [0.1, 0.15) is 0 Å². The third-order valence-corrected chi connectivity index (χ3v) is 4.39. The van der Waals surface area contributed by atoms with E-state index >= 15 is 0 Å². The first-order valence-electron chi connectivity index (χ1n) is 6.48. The van der Waals surface area contributed by atoms with Gasteiger partial charge in [0.05, 0.1) is 4.90 Å². The molecule has 0 aromatic heterocycles. The molecule has 0 saturated heterocycles. The maximum Gasteiger partial charge on any atom is 0.265 e. The van der Waals surface area contributed by atoms with Gasteiger partial charge in [0.15, 0.2) is 0 Å². The van der Waals surface area contributed by atoms with Crippen molar-refractivity contribution >= 4 is 39.1 Å².